The molecule has 0 aromatic rings. The lowest BCUT2D eigenvalue weighted by molar-refractivity contribution is 1.38. The number of allylic oxidation sites excluding steroid dienone is 4. The van der Waals surface area contributed by atoms with E-state index in [1.165, 1.54) is 6.42 Å². The van der Waals surface area contributed by atoms with Gasteiger partial charge in [0, 0.05) is 0 Å². The number of hydrogen-bond acceptors (Lipinski definition) is 0. The van der Waals surface area contributed by atoms with Crippen LogP contribution in [0.2, 0.25) is 13.6 Å². The molecule has 0 fully saturated rings. The molecule has 42 valence electrons. The van der Waals surface area contributed by atoms with Gasteiger partial charge in [0.15, 0.2) is 6.71 Å². The standard InChI is InChI=1S/C7H11B/c1-8(2)7-5-3-4-6-7/h3-5H,6H2,1-2H3. The molecule has 0 bridgehead atoms. The minimum atomic E-state index is 0.741. The van der Waals surface area contributed by atoms with Crippen molar-refractivity contribution < 1.29 is 0 Å². The van der Waals surface area contributed by atoms with Crippen LogP contribution in [-0.2, 0) is 0 Å². The Kier molecular flexibility index (Phi) is 1.57. The molecular weight excluding hydrogens is 94.9 g/mol. The van der Waals surface area contributed by atoms with E-state index in [0.29, 0.717) is 0 Å². The molecule has 1 aliphatic carbocycles. The van der Waals surface area contributed by atoms with E-state index in [0.717, 1.165) is 6.71 Å². The summed E-state index contributed by atoms with van der Waals surface area (Å²) < 4.78 is 0. The summed E-state index contributed by atoms with van der Waals surface area (Å²) in [4.78, 5) is 0. The van der Waals surface area contributed by atoms with Crippen molar-refractivity contribution in [3.63, 3.8) is 0 Å². The third-order valence-electron chi connectivity index (χ3n) is 1.54. The second-order valence-corrected chi connectivity index (χ2v) is 2.53. The van der Waals surface area contributed by atoms with E-state index in [9.17, 15) is 0 Å². The Morgan fingerprint density at radius 1 is 1.50 bits per heavy atom. The molecule has 0 amide bonds. The van der Waals surface area contributed by atoms with Crippen LogP contribution in [-0.4, -0.2) is 6.71 Å². The first kappa shape index (κ1) is 5.68. The molecule has 0 heterocycles. The van der Waals surface area contributed by atoms with Crippen LogP contribution in [0.5, 0.6) is 0 Å². The summed E-state index contributed by atoms with van der Waals surface area (Å²) in [6.45, 7) is 5.21. The van der Waals surface area contributed by atoms with E-state index >= 15 is 0 Å². The molecular formula is C7H11B. The molecule has 0 spiro atoms. The second-order valence-electron chi connectivity index (χ2n) is 2.53. The van der Waals surface area contributed by atoms with Gasteiger partial charge in [-0.3, -0.25) is 0 Å². The van der Waals surface area contributed by atoms with Crippen LogP contribution in [0, 0.1) is 0 Å². The maximum atomic E-state index is 2.23. The first-order valence-corrected chi connectivity index (χ1v) is 3.16. The predicted molar refractivity (Wildman–Crippen MR) is 39.3 cm³/mol. The Morgan fingerprint density at radius 3 is 2.50 bits per heavy atom. The zero-order valence-electron chi connectivity index (χ0n) is 5.52. The van der Waals surface area contributed by atoms with Gasteiger partial charge in [-0.05, 0) is 6.42 Å². The smallest absolute Gasteiger partial charge is 0.0980 e. The van der Waals surface area contributed by atoms with Crippen LogP contribution >= 0.6 is 0 Å². The highest BCUT2D eigenvalue weighted by molar-refractivity contribution is 6.64. The number of rotatable bonds is 1. The molecule has 0 saturated carbocycles. The quantitative estimate of drug-likeness (QED) is 0.449. The molecule has 0 unspecified atom stereocenters. The summed E-state index contributed by atoms with van der Waals surface area (Å²) in [7, 11) is 0. The lowest BCUT2D eigenvalue weighted by Gasteiger charge is -1.98. The average Bonchev–Trinajstić information content (AvgIpc) is 2.12. The highest BCUT2D eigenvalue weighted by atomic mass is 13.9. The van der Waals surface area contributed by atoms with E-state index in [1.807, 2.05) is 0 Å². The Morgan fingerprint density at radius 2 is 2.25 bits per heavy atom. The highest BCUT2D eigenvalue weighted by Gasteiger charge is 2.05. The van der Waals surface area contributed by atoms with Crippen molar-refractivity contribution in [2.75, 3.05) is 0 Å². The minimum absolute atomic E-state index is 0.741. The Hall–Kier alpha value is -0.455. The van der Waals surface area contributed by atoms with Gasteiger partial charge in [0.1, 0.15) is 0 Å². The zero-order valence-corrected chi connectivity index (χ0v) is 5.52. The topological polar surface area (TPSA) is 0 Å². The van der Waals surface area contributed by atoms with Gasteiger partial charge in [0.05, 0.1) is 0 Å². The van der Waals surface area contributed by atoms with Crippen LogP contribution in [0.3, 0.4) is 0 Å². The maximum Gasteiger partial charge on any atom is 0.164 e. The monoisotopic (exact) mass is 106 g/mol. The minimum Gasteiger partial charge on any atom is -0.0980 e. The Bertz CT molecular complexity index is 131. The van der Waals surface area contributed by atoms with Crippen LogP contribution in [0.1, 0.15) is 6.42 Å². The first-order valence-electron chi connectivity index (χ1n) is 3.16. The van der Waals surface area contributed by atoms with E-state index < -0.39 is 0 Å². The van der Waals surface area contributed by atoms with Gasteiger partial charge in [-0.1, -0.05) is 37.3 Å². The van der Waals surface area contributed by atoms with Crippen molar-refractivity contribution >= 4 is 6.71 Å². The average molecular weight is 106 g/mol. The summed E-state index contributed by atoms with van der Waals surface area (Å²) in [6.07, 6.45) is 7.73. The lowest BCUT2D eigenvalue weighted by Crippen LogP contribution is -2.02. The highest BCUT2D eigenvalue weighted by Crippen LogP contribution is 2.12. The SMILES string of the molecule is CB(C)C1=CC=CC1. The maximum absolute atomic E-state index is 2.23. The molecule has 0 N–H and O–H groups in total. The summed E-state index contributed by atoms with van der Waals surface area (Å²) in [5.74, 6) is 0. The van der Waals surface area contributed by atoms with Crippen molar-refractivity contribution in [3.05, 3.63) is 23.7 Å². The molecule has 0 nitrogen and oxygen atoms in total. The summed E-state index contributed by atoms with van der Waals surface area (Å²) in [5.41, 5.74) is 1.56. The Balaban J connectivity index is 2.51. The molecule has 0 aromatic heterocycles. The predicted octanol–water partition coefficient (Wildman–Crippen LogP) is 2.17. The van der Waals surface area contributed by atoms with Crippen LogP contribution in [0.15, 0.2) is 23.7 Å². The van der Waals surface area contributed by atoms with E-state index in [1.54, 1.807) is 5.47 Å². The van der Waals surface area contributed by atoms with Crippen molar-refractivity contribution in [1.82, 2.24) is 0 Å². The van der Waals surface area contributed by atoms with Crippen molar-refractivity contribution in [1.29, 1.82) is 0 Å². The zero-order chi connectivity index (χ0) is 5.98. The fraction of sp³-hybridized carbons (Fsp3) is 0.429. The van der Waals surface area contributed by atoms with E-state index in [-0.39, 0.29) is 0 Å². The van der Waals surface area contributed by atoms with Gasteiger partial charge in [-0.25, -0.2) is 0 Å². The number of hydrogen-bond donors (Lipinski definition) is 0. The molecule has 0 saturated heterocycles. The normalized spacial score (nSPS) is 16.5. The van der Waals surface area contributed by atoms with Crippen LogP contribution < -0.4 is 0 Å². The van der Waals surface area contributed by atoms with Crippen LogP contribution in [0.25, 0.3) is 0 Å². The molecule has 1 rings (SSSR count). The molecule has 0 radical (unpaired) electrons. The molecule has 0 aliphatic heterocycles. The molecule has 8 heavy (non-hydrogen) atoms. The Labute approximate surface area is 51.4 Å². The fourth-order valence-electron chi connectivity index (χ4n) is 0.892. The van der Waals surface area contributed by atoms with Crippen molar-refractivity contribution in [2.24, 2.45) is 0 Å². The van der Waals surface area contributed by atoms with Gasteiger partial charge in [0.25, 0.3) is 0 Å². The fourth-order valence-corrected chi connectivity index (χ4v) is 0.892. The summed E-state index contributed by atoms with van der Waals surface area (Å²) in [5, 5.41) is 0. The largest absolute Gasteiger partial charge is 0.164 e. The van der Waals surface area contributed by atoms with E-state index in [2.05, 4.69) is 31.9 Å². The van der Waals surface area contributed by atoms with E-state index in [4.69, 9.17) is 0 Å². The molecule has 0 atom stereocenters. The molecule has 1 heteroatoms. The third-order valence-corrected chi connectivity index (χ3v) is 1.54. The van der Waals surface area contributed by atoms with Gasteiger partial charge >= 0.3 is 0 Å². The lowest BCUT2D eigenvalue weighted by atomic mass is 9.48. The van der Waals surface area contributed by atoms with Gasteiger partial charge < -0.3 is 0 Å². The molecule has 1 aliphatic rings. The van der Waals surface area contributed by atoms with Gasteiger partial charge in [-0.15, -0.1) is 0 Å². The van der Waals surface area contributed by atoms with Gasteiger partial charge in [0.2, 0.25) is 0 Å². The third kappa shape index (κ3) is 1.03. The first-order chi connectivity index (χ1) is 3.80. The summed E-state index contributed by atoms with van der Waals surface area (Å²) in [6, 6.07) is 0. The van der Waals surface area contributed by atoms with Crippen molar-refractivity contribution in [2.45, 2.75) is 20.1 Å². The van der Waals surface area contributed by atoms with Crippen molar-refractivity contribution in [3.8, 4) is 0 Å². The summed E-state index contributed by atoms with van der Waals surface area (Å²) >= 11 is 0. The second kappa shape index (κ2) is 2.21. The van der Waals surface area contributed by atoms with Gasteiger partial charge in [-0.2, -0.15) is 0 Å². The van der Waals surface area contributed by atoms with Crippen LogP contribution in [0.4, 0.5) is 0 Å². The molecule has 0 aromatic carbocycles.